The van der Waals surface area contributed by atoms with Gasteiger partial charge in [-0.3, -0.25) is 0 Å². The van der Waals surface area contributed by atoms with E-state index in [9.17, 15) is 18.4 Å². The third-order valence-electron chi connectivity index (χ3n) is 4.01. The Morgan fingerprint density at radius 3 is 2.42 bits per heavy atom. The summed E-state index contributed by atoms with van der Waals surface area (Å²) in [6.07, 6.45) is -1.06. The van der Waals surface area contributed by atoms with Crippen molar-refractivity contribution in [2.75, 3.05) is 0 Å². The summed E-state index contributed by atoms with van der Waals surface area (Å²) in [5.41, 5.74) is 2.58. The summed E-state index contributed by atoms with van der Waals surface area (Å²) in [6.45, 7) is 1.96. The summed E-state index contributed by atoms with van der Waals surface area (Å²) < 4.78 is 40.5. The highest BCUT2D eigenvalue weighted by Gasteiger charge is 2.30. The van der Waals surface area contributed by atoms with Gasteiger partial charge in [0, 0.05) is 17.6 Å². The van der Waals surface area contributed by atoms with E-state index < -0.39 is 11.7 Å². The van der Waals surface area contributed by atoms with E-state index in [0.717, 1.165) is 23.3 Å². The van der Waals surface area contributed by atoms with Crippen LogP contribution >= 0.6 is 0 Å². The highest BCUT2D eigenvalue weighted by Crippen LogP contribution is 2.31. The molecule has 0 bridgehead atoms. The van der Waals surface area contributed by atoms with Gasteiger partial charge in [-0.25, -0.2) is 0 Å². The molecule has 130 valence electrons. The average Bonchev–Trinajstić information content (AvgIpc) is 3.08. The predicted molar refractivity (Wildman–Crippen MR) is 95.4 cm³/mol. The predicted octanol–water partition coefficient (Wildman–Crippen LogP) is 5.87. The zero-order valence-corrected chi connectivity index (χ0v) is 14.0. The SMILES string of the molecule is Cc1ccc(/C(C#N)=C\c2cccn2-c2cccc(C(F)(F)F)c2)cc1. The van der Waals surface area contributed by atoms with Gasteiger partial charge in [0.25, 0.3) is 0 Å². The Morgan fingerprint density at radius 1 is 1.04 bits per heavy atom. The number of hydrogen-bond donors (Lipinski definition) is 0. The molecule has 0 saturated carbocycles. The minimum Gasteiger partial charge on any atom is -0.317 e. The average molecular weight is 352 g/mol. The van der Waals surface area contributed by atoms with Crippen molar-refractivity contribution in [1.29, 1.82) is 5.26 Å². The molecule has 0 radical (unpaired) electrons. The van der Waals surface area contributed by atoms with E-state index in [2.05, 4.69) is 6.07 Å². The third kappa shape index (κ3) is 3.70. The molecule has 0 amide bonds. The molecule has 2 aromatic carbocycles. The standard InChI is InChI=1S/C21H15F3N2/c1-15-7-9-16(10-8-15)17(14-25)12-19-6-3-11-26(19)20-5-2-4-18(13-20)21(22,23)24/h2-13H,1H3/b17-12-. The lowest BCUT2D eigenvalue weighted by atomic mass is 10.0. The second kappa shape index (κ2) is 6.93. The van der Waals surface area contributed by atoms with Crippen molar-refractivity contribution in [2.45, 2.75) is 13.1 Å². The van der Waals surface area contributed by atoms with Crippen LogP contribution in [0, 0.1) is 18.3 Å². The van der Waals surface area contributed by atoms with Gasteiger partial charge in [0.1, 0.15) is 0 Å². The highest BCUT2D eigenvalue weighted by molar-refractivity contribution is 5.89. The Labute approximate surface area is 149 Å². The number of benzene rings is 2. The molecule has 0 aliphatic rings. The topological polar surface area (TPSA) is 28.7 Å². The number of halogens is 3. The van der Waals surface area contributed by atoms with Crippen molar-refractivity contribution in [1.82, 2.24) is 4.57 Å². The van der Waals surface area contributed by atoms with E-state index >= 15 is 0 Å². The van der Waals surface area contributed by atoms with Gasteiger partial charge in [0.05, 0.1) is 17.2 Å². The smallest absolute Gasteiger partial charge is 0.317 e. The monoisotopic (exact) mass is 352 g/mol. The van der Waals surface area contributed by atoms with Gasteiger partial charge >= 0.3 is 6.18 Å². The molecule has 0 atom stereocenters. The third-order valence-corrected chi connectivity index (χ3v) is 4.01. The van der Waals surface area contributed by atoms with E-state index in [1.54, 1.807) is 35.0 Å². The first-order chi connectivity index (χ1) is 12.4. The molecule has 1 aromatic heterocycles. The molecule has 26 heavy (non-hydrogen) atoms. The first-order valence-electron chi connectivity index (χ1n) is 7.92. The second-order valence-corrected chi connectivity index (χ2v) is 5.89. The molecule has 0 aliphatic heterocycles. The van der Waals surface area contributed by atoms with Crippen LogP contribution in [0.4, 0.5) is 13.2 Å². The lowest BCUT2D eigenvalue weighted by molar-refractivity contribution is -0.137. The molecule has 0 unspecified atom stereocenters. The molecular weight excluding hydrogens is 337 g/mol. The number of hydrogen-bond acceptors (Lipinski definition) is 1. The molecule has 0 N–H and O–H groups in total. The molecule has 0 aliphatic carbocycles. The maximum atomic E-state index is 13.0. The summed E-state index contributed by atoms with van der Waals surface area (Å²) in [5.74, 6) is 0. The number of aromatic nitrogens is 1. The molecule has 3 rings (SSSR count). The first-order valence-corrected chi connectivity index (χ1v) is 7.92. The Bertz CT molecular complexity index is 987. The van der Waals surface area contributed by atoms with Crippen molar-refractivity contribution in [3.8, 4) is 11.8 Å². The second-order valence-electron chi connectivity index (χ2n) is 5.89. The maximum Gasteiger partial charge on any atom is 0.416 e. The largest absolute Gasteiger partial charge is 0.416 e. The molecule has 1 heterocycles. The minimum absolute atomic E-state index is 0.386. The van der Waals surface area contributed by atoms with Gasteiger partial charge in [0.15, 0.2) is 0 Å². The fourth-order valence-corrected chi connectivity index (χ4v) is 2.64. The Hall–Kier alpha value is -3.26. The molecular formula is C21H15F3N2. The molecule has 0 saturated heterocycles. The van der Waals surface area contributed by atoms with Gasteiger partial charge < -0.3 is 4.57 Å². The van der Waals surface area contributed by atoms with Crippen LogP contribution in [-0.4, -0.2) is 4.57 Å². The van der Waals surface area contributed by atoms with E-state index in [1.165, 1.54) is 6.07 Å². The van der Waals surface area contributed by atoms with Gasteiger partial charge in [0.2, 0.25) is 0 Å². The van der Waals surface area contributed by atoms with Crippen LogP contribution in [0.5, 0.6) is 0 Å². The zero-order chi connectivity index (χ0) is 18.7. The number of allylic oxidation sites excluding steroid dienone is 1. The molecule has 3 aromatic rings. The highest BCUT2D eigenvalue weighted by atomic mass is 19.4. The van der Waals surface area contributed by atoms with Crippen LogP contribution < -0.4 is 0 Å². The summed E-state index contributed by atoms with van der Waals surface area (Å²) in [7, 11) is 0. The van der Waals surface area contributed by atoms with E-state index in [4.69, 9.17) is 0 Å². The Kier molecular flexibility index (Phi) is 4.68. The van der Waals surface area contributed by atoms with Crippen LogP contribution in [0.15, 0.2) is 66.9 Å². The fraction of sp³-hybridized carbons (Fsp3) is 0.0952. The zero-order valence-electron chi connectivity index (χ0n) is 14.0. The fourth-order valence-electron chi connectivity index (χ4n) is 2.64. The van der Waals surface area contributed by atoms with Crippen LogP contribution in [-0.2, 0) is 6.18 Å². The quantitative estimate of drug-likeness (QED) is 0.542. The number of nitriles is 1. The van der Waals surface area contributed by atoms with Crippen molar-refractivity contribution in [3.05, 3.63) is 89.2 Å². The number of rotatable bonds is 3. The summed E-state index contributed by atoms with van der Waals surface area (Å²) >= 11 is 0. The first kappa shape index (κ1) is 17.6. The van der Waals surface area contributed by atoms with Gasteiger partial charge in [-0.15, -0.1) is 0 Å². The lowest BCUT2D eigenvalue weighted by Crippen LogP contribution is -2.06. The Balaban J connectivity index is 2.04. The van der Waals surface area contributed by atoms with E-state index in [0.29, 0.717) is 17.0 Å². The summed E-state index contributed by atoms with van der Waals surface area (Å²) in [6, 6.07) is 18.3. The number of aryl methyl sites for hydroxylation is 1. The number of alkyl halides is 3. The van der Waals surface area contributed by atoms with Crippen molar-refractivity contribution >= 4 is 11.6 Å². The van der Waals surface area contributed by atoms with Crippen molar-refractivity contribution in [3.63, 3.8) is 0 Å². The van der Waals surface area contributed by atoms with Crippen LogP contribution in [0.3, 0.4) is 0 Å². The summed E-state index contributed by atoms with van der Waals surface area (Å²) in [5, 5.41) is 9.48. The van der Waals surface area contributed by atoms with Crippen molar-refractivity contribution < 1.29 is 13.2 Å². The number of nitrogens with zero attached hydrogens (tertiary/aromatic N) is 2. The normalized spacial score (nSPS) is 12.0. The summed E-state index contributed by atoms with van der Waals surface area (Å²) in [4.78, 5) is 0. The minimum atomic E-state index is -4.40. The van der Waals surface area contributed by atoms with Gasteiger partial charge in [-0.1, -0.05) is 35.9 Å². The maximum absolute atomic E-state index is 13.0. The van der Waals surface area contributed by atoms with Gasteiger partial charge in [-0.05, 0) is 48.9 Å². The molecule has 0 spiro atoms. The molecule has 5 heteroatoms. The van der Waals surface area contributed by atoms with Gasteiger partial charge in [-0.2, -0.15) is 18.4 Å². The van der Waals surface area contributed by atoms with E-state index in [-0.39, 0.29) is 0 Å². The van der Waals surface area contributed by atoms with Crippen molar-refractivity contribution in [2.24, 2.45) is 0 Å². The van der Waals surface area contributed by atoms with E-state index in [1.807, 2.05) is 31.2 Å². The van der Waals surface area contributed by atoms with Crippen LogP contribution in [0.25, 0.3) is 17.3 Å². The van der Waals surface area contributed by atoms with Crippen LogP contribution in [0.2, 0.25) is 0 Å². The molecule has 0 fully saturated rings. The van der Waals surface area contributed by atoms with Crippen LogP contribution in [0.1, 0.15) is 22.4 Å². The lowest BCUT2D eigenvalue weighted by Gasteiger charge is -2.11. The Morgan fingerprint density at radius 2 is 1.77 bits per heavy atom. The molecule has 2 nitrogen and oxygen atoms in total.